The molecule has 70 valence electrons. The molecule has 0 atom stereocenters. The molecule has 0 saturated heterocycles. The first kappa shape index (κ1) is 12.0. The van der Waals surface area contributed by atoms with Crippen LogP contribution in [-0.2, 0) is 0 Å². The van der Waals surface area contributed by atoms with Gasteiger partial charge in [-0.05, 0) is 12.3 Å². The number of rotatable bonds is 4. The van der Waals surface area contributed by atoms with Crippen molar-refractivity contribution in [2.24, 2.45) is 4.99 Å². The zero-order valence-corrected chi connectivity index (χ0v) is 8.97. The van der Waals surface area contributed by atoms with Crippen LogP contribution in [0.3, 0.4) is 0 Å². The molecule has 0 rings (SSSR count). The van der Waals surface area contributed by atoms with Crippen molar-refractivity contribution >= 4 is 16.8 Å². The molecule has 0 N–H and O–H groups in total. The predicted molar refractivity (Wildman–Crippen MR) is 64.2 cm³/mol. The summed E-state index contributed by atoms with van der Waals surface area (Å²) >= 11 is 1.50. The minimum Gasteiger partial charge on any atom is -0.281 e. The second kappa shape index (κ2) is 7.62. The zero-order valence-electron chi connectivity index (χ0n) is 8.16. The van der Waals surface area contributed by atoms with E-state index in [9.17, 15) is 0 Å². The van der Waals surface area contributed by atoms with Crippen LogP contribution in [0.25, 0.3) is 0 Å². The first-order valence-electron chi connectivity index (χ1n) is 4.00. The van der Waals surface area contributed by atoms with E-state index in [1.807, 2.05) is 25.2 Å². The number of aliphatic imine (C=N–C) groups is 1. The van der Waals surface area contributed by atoms with Gasteiger partial charge in [-0.2, -0.15) is 0 Å². The maximum Gasteiger partial charge on any atom is 0.101 e. The van der Waals surface area contributed by atoms with E-state index < -0.39 is 0 Å². The lowest BCUT2D eigenvalue weighted by Crippen LogP contribution is -1.92. The molecule has 0 aromatic rings. The van der Waals surface area contributed by atoms with E-state index >= 15 is 0 Å². The van der Waals surface area contributed by atoms with E-state index in [1.54, 1.807) is 18.5 Å². The van der Waals surface area contributed by atoms with Crippen LogP contribution >= 0.6 is 11.8 Å². The summed E-state index contributed by atoms with van der Waals surface area (Å²) in [5.41, 5.74) is 1.02. The van der Waals surface area contributed by atoms with Gasteiger partial charge in [0.05, 0.1) is 0 Å². The summed E-state index contributed by atoms with van der Waals surface area (Å²) in [4.78, 5) is 4.14. The summed E-state index contributed by atoms with van der Waals surface area (Å²) in [5.74, 6) is 0. The Kier molecular flexibility index (Phi) is 7.02. The zero-order chi connectivity index (χ0) is 10.1. The Morgan fingerprint density at radius 3 is 2.46 bits per heavy atom. The summed E-state index contributed by atoms with van der Waals surface area (Å²) in [6, 6.07) is 0. The molecule has 1 nitrogen and oxygen atoms in total. The highest BCUT2D eigenvalue weighted by Crippen LogP contribution is 2.14. The van der Waals surface area contributed by atoms with Crippen molar-refractivity contribution < 1.29 is 0 Å². The van der Waals surface area contributed by atoms with Crippen LogP contribution in [-0.4, -0.2) is 12.1 Å². The van der Waals surface area contributed by atoms with E-state index in [0.29, 0.717) is 0 Å². The lowest BCUT2D eigenvalue weighted by Gasteiger charge is -2.01. The highest BCUT2D eigenvalue weighted by molar-refractivity contribution is 8.16. The van der Waals surface area contributed by atoms with Crippen molar-refractivity contribution in [1.29, 1.82) is 0 Å². The van der Waals surface area contributed by atoms with Crippen molar-refractivity contribution in [2.75, 3.05) is 7.05 Å². The van der Waals surface area contributed by atoms with Gasteiger partial charge in [-0.1, -0.05) is 49.2 Å². The molecular weight excluding hydrogens is 178 g/mol. The maximum absolute atomic E-state index is 4.14. The molecule has 0 radical (unpaired) electrons. The van der Waals surface area contributed by atoms with Gasteiger partial charge in [0, 0.05) is 12.6 Å². The standard InChI is InChI=1S/C11H15NS/c1-5-8-9-10(6-2)11(12-4)13-7-3/h5-9H,2-3H2,1,4H3/b8-5-,10-9+,12-11-. The van der Waals surface area contributed by atoms with E-state index in [0.717, 1.165) is 10.6 Å². The van der Waals surface area contributed by atoms with Gasteiger partial charge in [0.1, 0.15) is 5.04 Å². The average molecular weight is 193 g/mol. The second-order valence-corrected chi connectivity index (χ2v) is 3.12. The quantitative estimate of drug-likeness (QED) is 0.377. The number of nitrogens with zero attached hydrogens (tertiary/aromatic N) is 1. The normalized spacial score (nSPS) is 13.4. The fourth-order valence-electron chi connectivity index (χ4n) is 0.755. The van der Waals surface area contributed by atoms with Crippen LogP contribution in [0.4, 0.5) is 0 Å². The van der Waals surface area contributed by atoms with Crippen LogP contribution in [0.1, 0.15) is 6.92 Å². The lowest BCUT2D eigenvalue weighted by atomic mass is 10.2. The van der Waals surface area contributed by atoms with Crippen molar-refractivity contribution in [2.45, 2.75) is 6.92 Å². The molecule has 0 fully saturated rings. The summed E-state index contributed by atoms with van der Waals surface area (Å²) in [7, 11) is 1.76. The largest absolute Gasteiger partial charge is 0.281 e. The van der Waals surface area contributed by atoms with Gasteiger partial charge in [0.15, 0.2) is 0 Å². The number of hydrogen-bond donors (Lipinski definition) is 0. The van der Waals surface area contributed by atoms with E-state index in [-0.39, 0.29) is 0 Å². The van der Waals surface area contributed by atoms with E-state index in [2.05, 4.69) is 18.2 Å². The summed E-state index contributed by atoms with van der Waals surface area (Å²) < 4.78 is 0. The Labute approximate surface area is 84.6 Å². The topological polar surface area (TPSA) is 12.4 Å². The Morgan fingerprint density at radius 2 is 2.08 bits per heavy atom. The van der Waals surface area contributed by atoms with Crippen LogP contribution in [0.2, 0.25) is 0 Å². The maximum atomic E-state index is 4.14. The molecule has 0 amide bonds. The van der Waals surface area contributed by atoms with Crippen molar-refractivity contribution in [3.8, 4) is 0 Å². The highest BCUT2D eigenvalue weighted by Gasteiger charge is 1.99. The average Bonchev–Trinajstić information content (AvgIpc) is 2.17. The third-order valence-electron chi connectivity index (χ3n) is 1.33. The van der Waals surface area contributed by atoms with Crippen LogP contribution < -0.4 is 0 Å². The lowest BCUT2D eigenvalue weighted by molar-refractivity contribution is 1.46. The van der Waals surface area contributed by atoms with E-state index in [1.165, 1.54) is 11.8 Å². The molecule has 0 aliphatic rings. The Bertz CT molecular complexity index is 259. The molecule has 0 heterocycles. The van der Waals surface area contributed by atoms with Gasteiger partial charge < -0.3 is 0 Å². The third kappa shape index (κ3) is 4.53. The predicted octanol–water partition coefficient (Wildman–Crippen LogP) is 3.58. The first-order chi connectivity index (χ1) is 6.29. The van der Waals surface area contributed by atoms with Gasteiger partial charge in [-0.3, -0.25) is 4.99 Å². The molecular formula is C11H15NS. The number of thioether (sulfide) groups is 1. The summed E-state index contributed by atoms with van der Waals surface area (Å²) in [5, 5.41) is 2.69. The molecule has 0 spiro atoms. The minimum absolute atomic E-state index is 0.933. The van der Waals surface area contributed by atoms with Crippen molar-refractivity contribution in [3.05, 3.63) is 48.4 Å². The molecule has 0 aliphatic carbocycles. The van der Waals surface area contributed by atoms with E-state index in [4.69, 9.17) is 0 Å². The highest BCUT2D eigenvalue weighted by atomic mass is 32.2. The monoisotopic (exact) mass is 193 g/mol. The van der Waals surface area contributed by atoms with Gasteiger partial charge in [-0.15, -0.1) is 0 Å². The fourth-order valence-corrected chi connectivity index (χ4v) is 1.31. The Hall–Kier alpha value is -1.02. The molecule has 0 aromatic carbocycles. The number of hydrogen-bond acceptors (Lipinski definition) is 2. The van der Waals surface area contributed by atoms with Gasteiger partial charge >= 0.3 is 0 Å². The SMILES string of the molecule is C=CSC(=N\C)/C(C=C)=C/C=C\C. The van der Waals surface area contributed by atoms with Gasteiger partial charge in [-0.25, -0.2) is 0 Å². The van der Waals surface area contributed by atoms with Gasteiger partial charge in [0.2, 0.25) is 0 Å². The van der Waals surface area contributed by atoms with Crippen molar-refractivity contribution in [1.82, 2.24) is 0 Å². The van der Waals surface area contributed by atoms with Crippen LogP contribution in [0, 0.1) is 0 Å². The molecule has 0 bridgehead atoms. The second-order valence-electron chi connectivity index (χ2n) is 2.17. The number of allylic oxidation sites excluding steroid dienone is 4. The van der Waals surface area contributed by atoms with Crippen LogP contribution in [0.5, 0.6) is 0 Å². The Morgan fingerprint density at radius 1 is 1.38 bits per heavy atom. The van der Waals surface area contributed by atoms with Crippen molar-refractivity contribution in [3.63, 3.8) is 0 Å². The molecule has 0 aliphatic heterocycles. The summed E-state index contributed by atoms with van der Waals surface area (Å²) in [6.45, 7) is 9.36. The summed E-state index contributed by atoms with van der Waals surface area (Å²) in [6.07, 6.45) is 7.70. The molecule has 0 unspecified atom stereocenters. The fraction of sp³-hybridized carbons (Fsp3) is 0.182. The Balaban J connectivity index is 4.72. The third-order valence-corrected chi connectivity index (χ3v) is 2.14. The molecule has 2 heteroatoms. The molecule has 0 aromatic heterocycles. The smallest absolute Gasteiger partial charge is 0.101 e. The van der Waals surface area contributed by atoms with Gasteiger partial charge in [0.25, 0.3) is 0 Å². The van der Waals surface area contributed by atoms with Crippen LogP contribution in [0.15, 0.2) is 53.4 Å². The minimum atomic E-state index is 0.933. The molecule has 13 heavy (non-hydrogen) atoms. The first-order valence-corrected chi connectivity index (χ1v) is 4.88. The molecule has 0 saturated carbocycles.